The molecule has 0 atom stereocenters. The fourth-order valence-electron chi connectivity index (χ4n) is 1.09. The second kappa shape index (κ2) is 5.87. The average Bonchev–Trinajstić information content (AvgIpc) is 2.32. The van der Waals surface area contributed by atoms with E-state index in [2.05, 4.69) is 10.3 Å². The number of hydrogen-bond acceptors (Lipinski definition) is 3. The maximum absolute atomic E-state index is 11.9. The van der Waals surface area contributed by atoms with E-state index in [9.17, 15) is 4.79 Å². The first-order chi connectivity index (χ1) is 8.01. The molecule has 1 N–H and O–H groups in total. The highest BCUT2D eigenvalue weighted by atomic mass is 35.5. The van der Waals surface area contributed by atoms with Gasteiger partial charge in [-0.15, -0.1) is 11.6 Å². The van der Waals surface area contributed by atoms with Crippen LogP contribution in [0.5, 0.6) is 5.88 Å². The molecule has 5 heteroatoms. The molecule has 4 nitrogen and oxygen atoms in total. The van der Waals surface area contributed by atoms with Gasteiger partial charge in [-0.05, 0) is 32.9 Å². The maximum Gasteiger partial charge on any atom is 0.237 e. The number of carbonyl (C=O) groups is 1. The summed E-state index contributed by atoms with van der Waals surface area (Å²) in [6.45, 7) is 5.93. The Morgan fingerprint density at radius 1 is 1.59 bits per heavy atom. The van der Waals surface area contributed by atoms with Crippen molar-refractivity contribution in [1.29, 1.82) is 0 Å². The number of pyridine rings is 1. The smallest absolute Gasteiger partial charge is 0.237 e. The molecule has 0 aliphatic carbocycles. The molecule has 0 fully saturated rings. The van der Waals surface area contributed by atoms with Crippen molar-refractivity contribution in [1.82, 2.24) is 4.98 Å². The first-order valence-electron chi connectivity index (χ1n) is 5.46. The van der Waals surface area contributed by atoms with Crippen LogP contribution in [0, 0.1) is 5.41 Å². The molecule has 1 amide bonds. The molecule has 0 saturated heterocycles. The van der Waals surface area contributed by atoms with E-state index < -0.39 is 5.41 Å². The van der Waals surface area contributed by atoms with Gasteiger partial charge in [-0.3, -0.25) is 4.79 Å². The van der Waals surface area contributed by atoms with Gasteiger partial charge in [0.1, 0.15) is 5.69 Å². The number of aromatic nitrogens is 1. The lowest BCUT2D eigenvalue weighted by Crippen LogP contribution is -2.32. The van der Waals surface area contributed by atoms with Crippen LogP contribution >= 0.6 is 11.6 Å². The fraction of sp³-hybridized carbons (Fsp3) is 0.500. The summed E-state index contributed by atoms with van der Waals surface area (Å²) in [6, 6.07) is 3.49. The fourth-order valence-corrected chi connectivity index (χ4v) is 1.21. The van der Waals surface area contributed by atoms with Gasteiger partial charge in [0.15, 0.2) is 0 Å². The molecule has 1 aromatic rings. The molecule has 0 radical (unpaired) electrons. The van der Waals surface area contributed by atoms with Crippen LogP contribution in [0.25, 0.3) is 0 Å². The van der Waals surface area contributed by atoms with Crippen molar-refractivity contribution in [3.05, 3.63) is 18.3 Å². The van der Waals surface area contributed by atoms with Crippen molar-refractivity contribution in [2.45, 2.75) is 20.8 Å². The van der Waals surface area contributed by atoms with Crippen molar-refractivity contribution in [2.75, 3.05) is 17.8 Å². The number of halogens is 1. The summed E-state index contributed by atoms with van der Waals surface area (Å²) in [5.74, 6) is 0.526. The normalized spacial score (nSPS) is 11.1. The molecule has 94 valence electrons. The molecular formula is C12H17ClN2O2. The standard InChI is InChI=1S/C12H17ClN2O2/c1-4-17-10-9(6-5-7-14-10)15-11(16)12(2,3)8-13/h5-7H,4,8H2,1-3H3,(H,15,16). The Balaban J connectivity index is 2.84. The molecule has 0 bridgehead atoms. The second-order valence-electron chi connectivity index (χ2n) is 4.26. The topological polar surface area (TPSA) is 51.2 Å². The zero-order valence-corrected chi connectivity index (χ0v) is 11.0. The predicted molar refractivity (Wildman–Crippen MR) is 68.5 cm³/mol. The third-order valence-electron chi connectivity index (χ3n) is 2.25. The van der Waals surface area contributed by atoms with E-state index >= 15 is 0 Å². The number of alkyl halides is 1. The molecule has 0 aromatic carbocycles. The molecular weight excluding hydrogens is 240 g/mol. The number of amides is 1. The Kier molecular flexibility index (Phi) is 4.75. The van der Waals surface area contributed by atoms with Crippen LogP contribution in [0.2, 0.25) is 0 Å². The van der Waals surface area contributed by atoms with E-state index in [-0.39, 0.29) is 11.8 Å². The minimum atomic E-state index is -0.624. The lowest BCUT2D eigenvalue weighted by atomic mass is 9.95. The summed E-state index contributed by atoms with van der Waals surface area (Å²) in [6.07, 6.45) is 1.62. The molecule has 17 heavy (non-hydrogen) atoms. The van der Waals surface area contributed by atoms with Gasteiger partial charge < -0.3 is 10.1 Å². The largest absolute Gasteiger partial charge is 0.476 e. The molecule has 0 spiro atoms. The van der Waals surface area contributed by atoms with Gasteiger partial charge in [0, 0.05) is 12.1 Å². The Hall–Kier alpha value is -1.29. The third kappa shape index (κ3) is 3.60. The minimum absolute atomic E-state index is 0.151. The van der Waals surface area contributed by atoms with E-state index in [1.165, 1.54) is 0 Å². The Morgan fingerprint density at radius 2 is 2.29 bits per heavy atom. The van der Waals surface area contributed by atoms with E-state index in [1.807, 2.05) is 6.92 Å². The van der Waals surface area contributed by atoms with E-state index in [1.54, 1.807) is 32.2 Å². The zero-order valence-electron chi connectivity index (χ0n) is 10.3. The van der Waals surface area contributed by atoms with Crippen molar-refractivity contribution >= 4 is 23.2 Å². The highest BCUT2D eigenvalue weighted by Gasteiger charge is 2.27. The van der Waals surface area contributed by atoms with Crippen LogP contribution in [0.4, 0.5) is 5.69 Å². The van der Waals surface area contributed by atoms with Crippen molar-refractivity contribution in [2.24, 2.45) is 5.41 Å². The molecule has 1 heterocycles. The van der Waals surface area contributed by atoms with E-state index in [0.717, 1.165) is 0 Å². The van der Waals surface area contributed by atoms with Crippen molar-refractivity contribution < 1.29 is 9.53 Å². The number of nitrogens with one attached hydrogen (secondary N) is 1. The first-order valence-corrected chi connectivity index (χ1v) is 6.00. The van der Waals surface area contributed by atoms with E-state index in [4.69, 9.17) is 16.3 Å². The number of carbonyl (C=O) groups excluding carboxylic acids is 1. The number of rotatable bonds is 5. The Morgan fingerprint density at radius 3 is 2.88 bits per heavy atom. The summed E-state index contributed by atoms with van der Waals surface area (Å²) >= 11 is 5.75. The Labute approximate surface area is 106 Å². The van der Waals surface area contributed by atoms with E-state index in [0.29, 0.717) is 18.2 Å². The molecule has 0 aliphatic rings. The first kappa shape index (κ1) is 13.8. The van der Waals surface area contributed by atoms with Gasteiger partial charge in [0.2, 0.25) is 11.8 Å². The van der Waals surface area contributed by atoms with Crippen molar-refractivity contribution in [3.63, 3.8) is 0 Å². The average molecular weight is 257 g/mol. The summed E-state index contributed by atoms with van der Waals surface area (Å²) in [7, 11) is 0. The van der Waals surface area contributed by atoms with Gasteiger partial charge in [0.25, 0.3) is 0 Å². The van der Waals surface area contributed by atoms with Gasteiger partial charge in [-0.2, -0.15) is 0 Å². The predicted octanol–water partition coefficient (Wildman–Crippen LogP) is 2.68. The van der Waals surface area contributed by atoms with Crippen LogP contribution in [0.15, 0.2) is 18.3 Å². The lowest BCUT2D eigenvalue weighted by molar-refractivity contribution is -0.122. The summed E-state index contributed by atoms with van der Waals surface area (Å²) in [5, 5.41) is 2.78. The van der Waals surface area contributed by atoms with Crippen LogP contribution in [-0.4, -0.2) is 23.4 Å². The van der Waals surface area contributed by atoms with Gasteiger partial charge in [0.05, 0.1) is 12.0 Å². The summed E-state index contributed by atoms with van der Waals surface area (Å²) < 4.78 is 5.33. The van der Waals surface area contributed by atoms with Gasteiger partial charge >= 0.3 is 0 Å². The van der Waals surface area contributed by atoms with Gasteiger partial charge in [-0.25, -0.2) is 4.98 Å². The second-order valence-corrected chi connectivity index (χ2v) is 4.53. The zero-order chi connectivity index (χ0) is 12.9. The molecule has 0 saturated carbocycles. The Bertz CT molecular complexity index is 394. The van der Waals surface area contributed by atoms with Crippen LogP contribution in [0.3, 0.4) is 0 Å². The third-order valence-corrected chi connectivity index (χ3v) is 2.92. The highest BCUT2D eigenvalue weighted by molar-refractivity contribution is 6.20. The van der Waals surface area contributed by atoms with Crippen LogP contribution in [0.1, 0.15) is 20.8 Å². The van der Waals surface area contributed by atoms with Crippen LogP contribution < -0.4 is 10.1 Å². The quantitative estimate of drug-likeness (QED) is 0.824. The SMILES string of the molecule is CCOc1ncccc1NC(=O)C(C)(C)CCl. The maximum atomic E-state index is 11.9. The highest BCUT2D eigenvalue weighted by Crippen LogP contribution is 2.25. The molecule has 1 rings (SSSR count). The summed E-state index contributed by atoms with van der Waals surface area (Å²) in [5.41, 5.74) is -0.0570. The number of nitrogens with zero attached hydrogens (tertiary/aromatic N) is 1. The summed E-state index contributed by atoms with van der Waals surface area (Å²) in [4.78, 5) is 16.0. The van der Waals surface area contributed by atoms with Crippen LogP contribution in [-0.2, 0) is 4.79 Å². The molecule has 0 aliphatic heterocycles. The van der Waals surface area contributed by atoms with Crippen molar-refractivity contribution in [3.8, 4) is 5.88 Å². The molecule has 0 unspecified atom stereocenters. The monoisotopic (exact) mass is 256 g/mol. The number of anilines is 1. The molecule has 1 aromatic heterocycles. The lowest BCUT2D eigenvalue weighted by Gasteiger charge is -2.21. The number of ether oxygens (including phenoxy) is 1. The van der Waals surface area contributed by atoms with Gasteiger partial charge in [-0.1, -0.05) is 0 Å². The number of hydrogen-bond donors (Lipinski definition) is 1. The minimum Gasteiger partial charge on any atom is -0.476 e.